The zero-order valence-corrected chi connectivity index (χ0v) is 15.2. The van der Waals surface area contributed by atoms with Gasteiger partial charge < -0.3 is 20.5 Å². The molecule has 6 heteroatoms. The van der Waals surface area contributed by atoms with Crippen molar-refractivity contribution >= 4 is 5.91 Å². The highest BCUT2D eigenvalue weighted by Gasteiger charge is 2.38. The highest BCUT2D eigenvalue weighted by molar-refractivity contribution is 5.83. The molecule has 3 rings (SSSR count). The number of benzene rings is 2. The number of carbonyl (C=O) groups is 1. The lowest BCUT2D eigenvalue weighted by Gasteiger charge is -2.34. The standard InChI is InChI=1S/C21H25FN2O3/c22-18-3-1-2-17(12-18)14-27-19-6-4-16(5-7-19)13-24-20(25)21(15-23)8-10-26-11-9-21/h1-7,12H,8-11,13-15,23H2,(H,24,25). The molecule has 1 heterocycles. The van der Waals surface area contributed by atoms with Crippen LogP contribution in [-0.2, 0) is 22.7 Å². The summed E-state index contributed by atoms with van der Waals surface area (Å²) in [6.07, 6.45) is 1.31. The van der Waals surface area contributed by atoms with E-state index < -0.39 is 5.41 Å². The third-order valence-electron chi connectivity index (χ3n) is 4.99. The second kappa shape index (κ2) is 8.97. The lowest BCUT2D eigenvalue weighted by Crippen LogP contribution is -2.48. The van der Waals surface area contributed by atoms with Crippen LogP contribution < -0.4 is 15.8 Å². The van der Waals surface area contributed by atoms with Gasteiger partial charge in [0.2, 0.25) is 5.91 Å². The van der Waals surface area contributed by atoms with E-state index in [4.69, 9.17) is 15.2 Å². The van der Waals surface area contributed by atoms with Gasteiger partial charge in [-0.3, -0.25) is 4.79 Å². The number of halogens is 1. The summed E-state index contributed by atoms with van der Waals surface area (Å²) >= 11 is 0. The Labute approximate surface area is 158 Å². The van der Waals surface area contributed by atoms with Gasteiger partial charge in [0, 0.05) is 26.3 Å². The summed E-state index contributed by atoms with van der Waals surface area (Å²) in [6.45, 7) is 2.21. The number of hydrogen-bond donors (Lipinski definition) is 2. The predicted octanol–water partition coefficient (Wildman–Crippen LogP) is 2.78. The van der Waals surface area contributed by atoms with Crippen LogP contribution in [0.1, 0.15) is 24.0 Å². The molecule has 27 heavy (non-hydrogen) atoms. The third kappa shape index (κ3) is 5.05. The van der Waals surface area contributed by atoms with E-state index in [0.717, 1.165) is 11.1 Å². The first-order valence-corrected chi connectivity index (χ1v) is 9.14. The first kappa shape index (κ1) is 19.3. The molecule has 2 aromatic carbocycles. The largest absolute Gasteiger partial charge is 0.489 e. The van der Waals surface area contributed by atoms with Gasteiger partial charge in [-0.15, -0.1) is 0 Å². The molecule has 1 saturated heterocycles. The van der Waals surface area contributed by atoms with Crippen molar-refractivity contribution in [3.63, 3.8) is 0 Å². The summed E-state index contributed by atoms with van der Waals surface area (Å²) in [5.41, 5.74) is 7.09. The Morgan fingerprint density at radius 2 is 1.89 bits per heavy atom. The number of nitrogens with two attached hydrogens (primary N) is 1. The van der Waals surface area contributed by atoms with E-state index in [1.165, 1.54) is 12.1 Å². The van der Waals surface area contributed by atoms with Crippen LogP contribution in [0, 0.1) is 11.2 Å². The molecule has 1 amide bonds. The molecule has 1 aliphatic rings. The first-order valence-electron chi connectivity index (χ1n) is 9.14. The van der Waals surface area contributed by atoms with Crippen LogP contribution >= 0.6 is 0 Å². The van der Waals surface area contributed by atoms with Crippen molar-refractivity contribution in [1.29, 1.82) is 0 Å². The van der Waals surface area contributed by atoms with Gasteiger partial charge in [0.05, 0.1) is 5.41 Å². The topological polar surface area (TPSA) is 73.6 Å². The van der Waals surface area contributed by atoms with Crippen molar-refractivity contribution in [2.24, 2.45) is 11.1 Å². The predicted molar refractivity (Wildman–Crippen MR) is 101 cm³/mol. The zero-order valence-electron chi connectivity index (χ0n) is 15.2. The Morgan fingerprint density at radius 1 is 1.15 bits per heavy atom. The molecule has 0 saturated carbocycles. The summed E-state index contributed by atoms with van der Waals surface area (Å²) in [6, 6.07) is 13.8. The molecule has 5 nitrogen and oxygen atoms in total. The number of carbonyl (C=O) groups excluding carboxylic acids is 1. The van der Waals surface area contributed by atoms with E-state index in [-0.39, 0.29) is 11.7 Å². The Morgan fingerprint density at radius 3 is 2.56 bits per heavy atom. The summed E-state index contributed by atoms with van der Waals surface area (Å²) in [4.78, 5) is 12.6. The van der Waals surface area contributed by atoms with Crippen molar-refractivity contribution in [2.75, 3.05) is 19.8 Å². The second-order valence-electron chi connectivity index (χ2n) is 6.84. The van der Waals surface area contributed by atoms with Crippen LogP contribution in [0.5, 0.6) is 5.75 Å². The minimum Gasteiger partial charge on any atom is -0.489 e. The first-order chi connectivity index (χ1) is 13.1. The van der Waals surface area contributed by atoms with Crippen LogP contribution in [0.3, 0.4) is 0 Å². The van der Waals surface area contributed by atoms with Crippen LogP contribution in [-0.4, -0.2) is 25.7 Å². The van der Waals surface area contributed by atoms with Gasteiger partial charge in [-0.25, -0.2) is 4.39 Å². The second-order valence-corrected chi connectivity index (χ2v) is 6.84. The van der Waals surface area contributed by atoms with Crippen molar-refractivity contribution in [2.45, 2.75) is 26.0 Å². The van der Waals surface area contributed by atoms with Crippen LogP contribution in [0.4, 0.5) is 4.39 Å². The Hall–Kier alpha value is -2.44. The fourth-order valence-electron chi connectivity index (χ4n) is 3.15. The Bertz CT molecular complexity index is 758. The smallest absolute Gasteiger partial charge is 0.227 e. The van der Waals surface area contributed by atoms with Crippen molar-refractivity contribution < 1.29 is 18.7 Å². The monoisotopic (exact) mass is 372 g/mol. The lowest BCUT2D eigenvalue weighted by atomic mass is 9.79. The van der Waals surface area contributed by atoms with E-state index in [0.29, 0.717) is 51.5 Å². The van der Waals surface area contributed by atoms with Crippen molar-refractivity contribution in [1.82, 2.24) is 5.32 Å². The van der Waals surface area contributed by atoms with E-state index in [2.05, 4.69) is 5.32 Å². The molecule has 0 aromatic heterocycles. The number of hydrogen-bond acceptors (Lipinski definition) is 4. The highest BCUT2D eigenvalue weighted by atomic mass is 19.1. The fourth-order valence-corrected chi connectivity index (χ4v) is 3.15. The van der Waals surface area contributed by atoms with E-state index in [1.807, 2.05) is 30.3 Å². The molecule has 1 aliphatic heterocycles. The number of nitrogens with one attached hydrogen (secondary N) is 1. The van der Waals surface area contributed by atoms with E-state index in [1.54, 1.807) is 6.07 Å². The average Bonchev–Trinajstić information content (AvgIpc) is 2.72. The van der Waals surface area contributed by atoms with Crippen LogP contribution in [0.25, 0.3) is 0 Å². The summed E-state index contributed by atoms with van der Waals surface area (Å²) < 4.78 is 24.2. The number of ether oxygens (including phenoxy) is 2. The molecule has 0 atom stereocenters. The molecule has 0 bridgehead atoms. The van der Waals surface area contributed by atoms with E-state index >= 15 is 0 Å². The SMILES string of the molecule is NCC1(C(=O)NCc2ccc(OCc3cccc(F)c3)cc2)CCOCC1. The van der Waals surface area contributed by atoms with Crippen molar-refractivity contribution in [3.8, 4) is 5.75 Å². The molecule has 0 radical (unpaired) electrons. The highest BCUT2D eigenvalue weighted by Crippen LogP contribution is 2.29. The molecular weight excluding hydrogens is 347 g/mol. The molecule has 0 aliphatic carbocycles. The minimum atomic E-state index is -0.522. The maximum absolute atomic E-state index is 13.2. The van der Waals surface area contributed by atoms with Gasteiger partial charge in [-0.1, -0.05) is 24.3 Å². The third-order valence-corrected chi connectivity index (χ3v) is 4.99. The molecule has 1 fully saturated rings. The fraction of sp³-hybridized carbons (Fsp3) is 0.381. The summed E-state index contributed by atoms with van der Waals surface area (Å²) in [7, 11) is 0. The molecule has 0 unspecified atom stereocenters. The Balaban J connectivity index is 1.50. The minimum absolute atomic E-state index is 0.0141. The molecule has 0 spiro atoms. The number of rotatable bonds is 7. The normalized spacial score (nSPS) is 15.9. The molecular formula is C21H25FN2O3. The summed E-state index contributed by atoms with van der Waals surface area (Å²) in [5, 5.41) is 2.99. The van der Waals surface area contributed by atoms with Gasteiger partial charge in [-0.05, 0) is 48.2 Å². The molecule has 144 valence electrons. The van der Waals surface area contributed by atoms with Gasteiger partial charge in [0.25, 0.3) is 0 Å². The molecule has 3 N–H and O–H groups in total. The van der Waals surface area contributed by atoms with Crippen LogP contribution in [0.2, 0.25) is 0 Å². The zero-order chi connectivity index (χ0) is 19.1. The number of amides is 1. The quantitative estimate of drug-likeness (QED) is 0.784. The molecule has 2 aromatic rings. The summed E-state index contributed by atoms with van der Waals surface area (Å²) in [5.74, 6) is 0.402. The van der Waals surface area contributed by atoms with Crippen LogP contribution in [0.15, 0.2) is 48.5 Å². The van der Waals surface area contributed by atoms with Crippen molar-refractivity contribution in [3.05, 3.63) is 65.5 Å². The average molecular weight is 372 g/mol. The van der Waals surface area contributed by atoms with Gasteiger partial charge in [0.15, 0.2) is 0 Å². The Kier molecular flexibility index (Phi) is 6.42. The maximum Gasteiger partial charge on any atom is 0.227 e. The van der Waals surface area contributed by atoms with Gasteiger partial charge in [0.1, 0.15) is 18.2 Å². The lowest BCUT2D eigenvalue weighted by molar-refractivity contribution is -0.136. The van der Waals surface area contributed by atoms with E-state index in [9.17, 15) is 9.18 Å². The van der Waals surface area contributed by atoms with Gasteiger partial charge in [-0.2, -0.15) is 0 Å². The van der Waals surface area contributed by atoms with Gasteiger partial charge >= 0.3 is 0 Å². The maximum atomic E-state index is 13.2.